The van der Waals surface area contributed by atoms with Crippen LogP contribution >= 0.6 is 0 Å². The number of halogens is 2. The highest BCUT2D eigenvalue weighted by atomic mass is 19.1. The molecule has 6 heteroatoms. The number of hydrogen-bond acceptors (Lipinski definition) is 3. The molecule has 1 amide bonds. The molecule has 0 aliphatic heterocycles. The molecule has 0 bridgehead atoms. The third-order valence-corrected chi connectivity index (χ3v) is 3.94. The number of amides is 1. The molecule has 1 atom stereocenters. The third kappa shape index (κ3) is 5.37. The molecular formula is C20H21F2NO3. The molecule has 0 spiro atoms. The molecule has 4 nitrogen and oxygen atoms in total. The van der Waals surface area contributed by atoms with Gasteiger partial charge in [0.15, 0.2) is 6.10 Å². The molecule has 0 saturated heterocycles. The summed E-state index contributed by atoms with van der Waals surface area (Å²) >= 11 is 0. The van der Waals surface area contributed by atoms with Gasteiger partial charge in [0, 0.05) is 6.42 Å². The molecule has 2 rings (SSSR count). The Kier molecular flexibility index (Phi) is 6.83. The van der Waals surface area contributed by atoms with Gasteiger partial charge in [-0.15, -0.1) is 0 Å². The minimum Gasteiger partial charge on any atom is -0.453 e. The van der Waals surface area contributed by atoms with Crippen molar-refractivity contribution in [3.63, 3.8) is 0 Å². The molecule has 0 aliphatic carbocycles. The number of aryl methyl sites for hydroxylation is 2. The van der Waals surface area contributed by atoms with Crippen LogP contribution in [0.5, 0.6) is 0 Å². The average molecular weight is 361 g/mol. The number of rotatable bonds is 7. The van der Waals surface area contributed by atoms with Gasteiger partial charge in [0.05, 0.1) is 0 Å². The Hall–Kier alpha value is -2.76. The van der Waals surface area contributed by atoms with Crippen molar-refractivity contribution in [3.8, 4) is 0 Å². The van der Waals surface area contributed by atoms with Gasteiger partial charge in [-0.3, -0.25) is 9.59 Å². The normalized spacial score (nSPS) is 11.7. The van der Waals surface area contributed by atoms with Gasteiger partial charge < -0.3 is 10.1 Å². The van der Waals surface area contributed by atoms with E-state index >= 15 is 0 Å². The maximum Gasteiger partial charge on any atom is 0.306 e. The Morgan fingerprint density at radius 3 is 2.19 bits per heavy atom. The summed E-state index contributed by atoms with van der Waals surface area (Å²) in [6, 6.07) is 11.1. The van der Waals surface area contributed by atoms with Crippen molar-refractivity contribution in [2.45, 2.75) is 39.2 Å². The molecule has 138 valence electrons. The number of ether oxygens (including phenoxy) is 1. The average Bonchev–Trinajstić information content (AvgIpc) is 2.63. The van der Waals surface area contributed by atoms with E-state index in [-0.39, 0.29) is 6.42 Å². The van der Waals surface area contributed by atoms with E-state index in [1.165, 1.54) is 18.6 Å². The van der Waals surface area contributed by atoms with Crippen molar-refractivity contribution >= 4 is 17.6 Å². The lowest BCUT2D eigenvalue weighted by atomic mass is 10.1. The summed E-state index contributed by atoms with van der Waals surface area (Å²) < 4.78 is 32.1. The van der Waals surface area contributed by atoms with E-state index in [1.54, 1.807) is 0 Å². The summed E-state index contributed by atoms with van der Waals surface area (Å²) in [4.78, 5) is 23.9. The van der Waals surface area contributed by atoms with Crippen molar-refractivity contribution in [3.05, 3.63) is 65.2 Å². The maximum absolute atomic E-state index is 13.5. The van der Waals surface area contributed by atoms with Gasteiger partial charge in [0.25, 0.3) is 5.91 Å². The predicted octanol–water partition coefficient (Wildman–Crippen LogP) is 4.03. The van der Waals surface area contributed by atoms with Crippen molar-refractivity contribution in [2.75, 3.05) is 5.32 Å². The topological polar surface area (TPSA) is 55.4 Å². The van der Waals surface area contributed by atoms with E-state index in [1.807, 2.05) is 24.3 Å². The summed E-state index contributed by atoms with van der Waals surface area (Å²) in [5.74, 6) is -3.14. The van der Waals surface area contributed by atoms with E-state index in [0.717, 1.165) is 24.1 Å². The monoisotopic (exact) mass is 361 g/mol. The summed E-state index contributed by atoms with van der Waals surface area (Å²) in [6.07, 6.45) is 0.373. The van der Waals surface area contributed by atoms with Crippen LogP contribution in [0.15, 0.2) is 42.5 Å². The Bertz CT molecular complexity index is 755. The Morgan fingerprint density at radius 1 is 1.04 bits per heavy atom. The zero-order valence-electron chi connectivity index (χ0n) is 14.7. The first-order valence-corrected chi connectivity index (χ1v) is 8.43. The molecule has 0 fully saturated rings. The molecule has 0 radical (unpaired) electrons. The number of nitrogens with one attached hydrogen (secondary N) is 1. The summed E-state index contributed by atoms with van der Waals surface area (Å²) in [6.45, 7) is 3.41. The van der Waals surface area contributed by atoms with Crippen LogP contribution in [0.25, 0.3) is 0 Å². The smallest absolute Gasteiger partial charge is 0.306 e. The van der Waals surface area contributed by atoms with Crippen LogP contribution in [0.2, 0.25) is 0 Å². The van der Waals surface area contributed by atoms with Crippen LogP contribution < -0.4 is 5.32 Å². The van der Waals surface area contributed by atoms with Crippen LogP contribution in [0.4, 0.5) is 14.5 Å². The first-order valence-electron chi connectivity index (χ1n) is 8.43. The Labute approximate surface area is 151 Å². The summed E-state index contributed by atoms with van der Waals surface area (Å²) in [5.41, 5.74) is 1.64. The summed E-state index contributed by atoms with van der Waals surface area (Å²) in [7, 11) is 0. The number of benzene rings is 2. The van der Waals surface area contributed by atoms with Gasteiger partial charge in [-0.1, -0.05) is 37.3 Å². The Balaban J connectivity index is 1.84. The predicted molar refractivity (Wildman–Crippen MR) is 94.7 cm³/mol. The molecular weight excluding hydrogens is 340 g/mol. The van der Waals surface area contributed by atoms with Gasteiger partial charge in [-0.25, -0.2) is 8.78 Å². The lowest BCUT2D eigenvalue weighted by molar-refractivity contribution is -0.153. The molecule has 0 aromatic heterocycles. The number of esters is 1. The second kappa shape index (κ2) is 9.08. The fraction of sp³-hybridized carbons (Fsp3) is 0.300. The highest BCUT2D eigenvalue weighted by Crippen LogP contribution is 2.18. The number of para-hydroxylation sites is 1. The molecule has 1 N–H and O–H groups in total. The second-order valence-electron chi connectivity index (χ2n) is 5.89. The molecule has 2 aromatic rings. The highest BCUT2D eigenvalue weighted by molar-refractivity contribution is 5.95. The van der Waals surface area contributed by atoms with Crippen LogP contribution in [-0.2, 0) is 27.2 Å². The molecule has 0 unspecified atom stereocenters. The fourth-order valence-electron chi connectivity index (χ4n) is 2.34. The van der Waals surface area contributed by atoms with E-state index in [9.17, 15) is 18.4 Å². The molecule has 2 aromatic carbocycles. The lowest BCUT2D eigenvalue weighted by Gasteiger charge is -2.14. The number of carbonyl (C=O) groups excluding carboxylic acids is 2. The van der Waals surface area contributed by atoms with Crippen molar-refractivity contribution in [1.29, 1.82) is 0 Å². The van der Waals surface area contributed by atoms with E-state index in [4.69, 9.17) is 4.74 Å². The molecule has 0 saturated carbocycles. The van der Waals surface area contributed by atoms with Crippen LogP contribution in [-0.4, -0.2) is 18.0 Å². The lowest BCUT2D eigenvalue weighted by Crippen LogP contribution is -2.30. The van der Waals surface area contributed by atoms with Crippen LogP contribution in [0.3, 0.4) is 0 Å². The molecule has 26 heavy (non-hydrogen) atoms. The zero-order chi connectivity index (χ0) is 19.1. The van der Waals surface area contributed by atoms with Gasteiger partial charge >= 0.3 is 5.97 Å². The largest absolute Gasteiger partial charge is 0.453 e. The number of hydrogen-bond donors (Lipinski definition) is 1. The third-order valence-electron chi connectivity index (χ3n) is 3.94. The minimum absolute atomic E-state index is 0.108. The van der Waals surface area contributed by atoms with Gasteiger partial charge in [-0.2, -0.15) is 0 Å². The highest BCUT2D eigenvalue weighted by Gasteiger charge is 2.20. The molecule has 0 heterocycles. The SMILES string of the molecule is CCc1ccc(CCC(=O)O[C@H](C)C(=O)Nc2c(F)cccc2F)cc1. The van der Waals surface area contributed by atoms with Gasteiger partial charge in [0.1, 0.15) is 17.3 Å². The summed E-state index contributed by atoms with van der Waals surface area (Å²) in [5, 5.41) is 2.10. The van der Waals surface area contributed by atoms with Crippen LogP contribution in [0.1, 0.15) is 31.4 Å². The first-order chi connectivity index (χ1) is 12.4. The van der Waals surface area contributed by atoms with Crippen LogP contribution in [0, 0.1) is 11.6 Å². The minimum atomic E-state index is -1.16. The van der Waals surface area contributed by atoms with E-state index < -0.39 is 35.3 Å². The van der Waals surface area contributed by atoms with Crippen molar-refractivity contribution in [2.24, 2.45) is 0 Å². The number of anilines is 1. The zero-order valence-corrected chi connectivity index (χ0v) is 14.7. The van der Waals surface area contributed by atoms with Gasteiger partial charge in [-0.05, 0) is 43.0 Å². The Morgan fingerprint density at radius 2 is 1.62 bits per heavy atom. The quantitative estimate of drug-likeness (QED) is 0.758. The maximum atomic E-state index is 13.5. The first kappa shape index (κ1) is 19.6. The van der Waals surface area contributed by atoms with Gasteiger partial charge in [0.2, 0.25) is 0 Å². The number of carbonyl (C=O) groups is 2. The van der Waals surface area contributed by atoms with Crippen molar-refractivity contribution < 1.29 is 23.1 Å². The van der Waals surface area contributed by atoms with Crippen molar-refractivity contribution in [1.82, 2.24) is 0 Å². The standard InChI is InChI=1S/C20H21F2NO3/c1-3-14-7-9-15(10-8-14)11-12-18(24)26-13(2)20(25)23-19-16(21)5-4-6-17(19)22/h4-10,13H,3,11-12H2,1-2H3,(H,23,25)/t13-/m1/s1. The van der Waals surface area contributed by atoms with E-state index in [0.29, 0.717) is 6.42 Å². The molecule has 0 aliphatic rings. The fourth-order valence-corrected chi connectivity index (χ4v) is 2.34. The second-order valence-corrected chi connectivity index (χ2v) is 5.89. The van der Waals surface area contributed by atoms with E-state index in [2.05, 4.69) is 12.2 Å².